The van der Waals surface area contributed by atoms with Gasteiger partial charge in [-0.25, -0.2) is 4.79 Å². The molecule has 0 spiro atoms. The highest BCUT2D eigenvalue weighted by atomic mass is 19.3. The minimum Gasteiger partial charge on any atom is -0.452 e. The third kappa shape index (κ3) is 5.54. The summed E-state index contributed by atoms with van der Waals surface area (Å²) in [6.07, 6.45) is 0. The monoisotopic (exact) mass is 363 g/mol. The third-order valence-corrected chi connectivity index (χ3v) is 3.60. The Kier molecular flexibility index (Phi) is 7.08. The van der Waals surface area contributed by atoms with Crippen molar-refractivity contribution in [2.75, 3.05) is 13.2 Å². The third-order valence-electron chi connectivity index (χ3n) is 3.60. The Bertz CT molecular complexity index is 737. The molecule has 0 fully saturated rings. The minimum absolute atomic E-state index is 0.160. The van der Waals surface area contributed by atoms with Crippen molar-refractivity contribution in [3.05, 3.63) is 65.7 Å². The van der Waals surface area contributed by atoms with Gasteiger partial charge in [0.05, 0.1) is 0 Å². The fraction of sp³-hybridized carbons (Fsp3) is 0.263. The Hall–Kier alpha value is -2.96. The first-order valence-corrected chi connectivity index (χ1v) is 8.04. The second-order valence-corrected chi connectivity index (χ2v) is 5.34. The number of carbonyl (C=O) groups is 2. The van der Waals surface area contributed by atoms with Gasteiger partial charge in [-0.3, -0.25) is 4.79 Å². The van der Waals surface area contributed by atoms with Gasteiger partial charge < -0.3 is 14.4 Å². The predicted octanol–water partition coefficient (Wildman–Crippen LogP) is 3.49. The standard InChI is InChI=1S/C19H19F2NO4/c1-2-22(12-14-8-4-3-5-9-14)17(23)13-25-18(24)15-10-6-7-11-16(15)26-19(20)21/h3-11,19H,2,12-13H2,1H3. The first kappa shape index (κ1) is 19.4. The molecule has 1 amide bonds. The van der Waals surface area contributed by atoms with Crippen molar-refractivity contribution in [2.24, 2.45) is 0 Å². The lowest BCUT2D eigenvalue weighted by Crippen LogP contribution is -2.34. The lowest BCUT2D eigenvalue weighted by molar-refractivity contribution is -0.135. The van der Waals surface area contributed by atoms with E-state index in [1.807, 2.05) is 37.3 Å². The predicted molar refractivity (Wildman–Crippen MR) is 90.9 cm³/mol. The molecule has 0 aliphatic heterocycles. The normalized spacial score (nSPS) is 10.5. The molecule has 0 aliphatic rings. The molecular weight excluding hydrogens is 344 g/mol. The average molecular weight is 363 g/mol. The minimum atomic E-state index is -3.06. The van der Waals surface area contributed by atoms with Gasteiger partial charge in [-0.15, -0.1) is 0 Å². The van der Waals surface area contributed by atoms with Crippen molar-refractivity contribution in [3.8, 4) is 5.75 Å². The summed E-state index contributed by atoms with van der Waals surface area (Å²) in [7, 11) is 0. The highest BCUT2D eigenvalue weighted by Gasteiger charge is 2.19. The number of rotatable bonds is 8. The van der Waals surface area contributed by atoms with Gasteiger partial charge in [-0.2, -0.15) is 8.78 Å². The lowest BCUT2D eigenvalue weighted by atomic mass is 10.2. The number of hydrogen-bond acceptors (Lipinski definition) is 4. The van der Waals surface area contributed by atoms with Crippen LogP contribution in [-0.4, -0.2) is 36.5 Å². The van der Waals surface area contributed by atoms with Crippen molar-refractivity contribution in [1.82, 2.24) is 4.90 Å². The summed E-state index contributed by atoms with van der Waals surface area (Å²) >= 11 is 0. The molecule has 0 saturated heterocycles. The second kappa shape index (κ2) is 9.50. The zero-order chi connectivity index (χ0) is 18.9. The van der Waals surface area contributed by atoms with E-state index >= 15 is 0 Å². The molecule has 2 aromatic rings. The number of carbonyl (C=O) groups excluding carboxylic acids is 2. The molecule has 7 heteroatoms. The molecule has 0 atom stereocenters. The number of para-hydroxylation sites is 1. The fourth-order valence-electron chi connectivity index (χ4n) is 2.31. The van der Waals surface area contributed by atoms with Gasteiger partial charge in [0.2, 0.25) is 0 Å². The van der Waals surface area contributed by atoms with Crippen LogP contribution < -0.4 is 4.74 Å². The van der Waals surface area contributed by atoms with Crippen molar-refractivity contribution in [2.45, 2.75) is 20.1 Å². The van der Waals surface area contributed by atoms with Crippen molar-refractivity contribution >= 4 is 11.9 Å². The summed E-state index contributed by atoms with van der Waals surface area (Å²) in [5.41, 5.74) is 0.788. The number of alkyl halides is 2. The van der Waals surface area contributed by atoms with Crippen LogP contribution >= 0.6 is 0 Å². The summed E-state index contributed by atoms with van der Waals surface area (Å²) in [5, 5.41) is 0. The molecular formula is C19H19F2NO4. The van der Waals surface area contributed by atoms with Crippen LogP contribution in [0.25, 0.3) is 0 Å². The molecule has 0 aromatic heterocycles. The summed E-state index contributed by atoms with van der Waals surface area (Å²) in [5.74, 6) is -1.57. The quantitative estimate of drug-likeness (QED) is 0.674. The van der Waals surface area contributed by atoms with Crippen LogP contribution in [0.4, 0.5) is 8.78 Å². The number of halogens is 2. The van der Waals surface area contributed by atoms with Gasteiger partial charge in [0.1, 0.15) is 11.3 Å². The summed E-state index contributed by atoms with van der Waals surface area (Å²) in [6.45, 7) is -0.904. The van der Waals surface area contributed by atoms with Gasteiger partial charge in [-0.05, 0) is 24.6 Å². The van der Waals surface area contributed by atoms with E-state index in [-0.39, 0.29) is 17.2 Å². The number of likely N-dealkylation sites (N-methyl/N-ethyl adjacent to an activating group) is 1. The average Bonchev–Trinajstić information content (AvgIpc) is 2.64. The van der Waals surface area contributed by atoms with Crippen LogP contribution in [0.1, 0.15) is 22.8 Å². The highest BCUT2D eigenvalue weighted by molar-refractivity contribution is 5.94. The smallest absolute Gasteiger partial charge is 0.387 e. The Balaban J connectivity index is 1.96. The topological polar surface area (TPSA) is 55.8 Å². The summed E-state index contributed by atoms with van der Waals surface area (Å²) in [4.78, 5) is 25.9. The number of ether oxygens (including phenoxy) is 2. The SMILES string of the molecule is CCN(Cc1ccccc1)C(=O)COC(=O)c1ccccc1OC(F)F. The zero-order valence-electron chi connectivity index (χ0n) is 14.2. The molecule has 0 N–H and O–H groups in total. The second-order valence-electron chi connectivity index (χ2n) is 5.34. The molecule has 5 nitrogen and oxygen atoms in total. The Morgan fingerprint density at radius 1 is 1.04 bits per heavy atom. The van der Waals surface area contributed by atoms with E-state index in [4.69, 9.17) is 4.74 Å². The van der Waals surface area contributed by atoms with Gasteiger partial charge in [0.25, 0.3) is 5.91 Å². The first-order chi connectivity index (χ1) is 12.5. The molecule has 138 valence electrons. The number of amides is 1. The first-order valence-electron chi connectivity index (χ1n) is 8.04. The van der Waals surface area contributed by atoms with Crippen LogP contribution in [0.2, 0.25) is 0 Å². The van der Waals surface area contributed by atoms with Crippen LogP contribution in [0, 0.1) is 0 Å². The number of hydrogen-bond donors (Lipinski definition) is 0. The van der Waals surface area contributed by atoms with Crippen LogP contribution in [0.5, 0.6) is 5.75 Å². The van der Waals surface area contributed by atoms with Gasteiger partial charge in [0, 0.05) is 13.1 Å². The van der Waals surface area contributed by atoms with Crippen molar-refractivity contribution in [3.63, 3.8) is 0 Å². The summed E-state index contributed by atoms with van der Waals surface area (Å²) < 4.78 is 34.1. The number of nitrogens with zero attached hydrogens (tertiary/aromatic N) is 1. The van der Waals surface area contributed by atoms with Crippen LogP contribution in [0.15, 0.2) is 54.6 Å². The maximum absolute atomic E-state index is 12.4. The maximum Gasteiger partial charge on any atom is 0.387 e. The van der Waals surface area contributed by atoms with Crippen molar-refractivity contribution in [1.29, 1.82) is 0 Å². The van der Waals surface area contributed by atoms with Crippen LogP contribution in [0.3, 0.4) is 0 Å². The molecule has 0 radical (unpaired) electrons. The highest BCUT2D eigenvalue weighted by Crippen LogP contribution is 2.21. The van der Waals surface area contributed by atoms with E-state index in [0.29, 0.717) is 13.1 Å². The number of esters is 1. The summed E-state index contributed by atoms with van der Waals surface area (Å²) in [6, 6.07) is 14.9. The van der Waals surface area contributed by atoms with E-state index in [0.717, 1.165) is 5.56 Å². The van der Waals surface area contributed by atoms with E-state index in [1.165, 1.54) is 29.2 Å². The van der Waals surface area contributed by atoms with E-state index in [9.17, 15) is 18.4 Å². The molecule has 0 aliphatic carbocycles. The van der Waals surface area contributed by atoms with Gasteiger partial charge in [-0.1, -0.05) is 42.5 Å². The van der Waals surface area contributed by atoms with Gasteiger partial charge >= 0.3 is 12.6 Å². The van der Waals surface area contributed by atoms with E-state index < -0.39 is 19.2 Å². The molecule has 0 heterocycles. The molecule has 0 saturated carbocycles. The van der Waals surface area contributed by atoms with Crippen LogP contribution in [-0.2, 0) is 16.1 Å². The largest absolute Gasteiger partial charge is 0.452 e. The van der Waals surface area contributed by atoms with Crippen molar-refractivity contribution < 1.29 is 27.8 Å². The Morgan fingerprint density at radius 3 is 2.35 bits per heavy atom. The molecule has 2 rings (SSSR count). The zero-order valence-corrected chi connectivity index (χ0v) is 14.2. The lowest BCUT2D eigenvalue weighted by Gasteiger charge is -2.21. The Labute approximate surface area is 150 Å². The molecule has 26 heavy (non-hydrogen) atoms. The Morgan fingerprint density at radius 2 is 1.69 bits per heavy atom. The maximum atomic E-state index is 12.4. The van der Waals surface area contributed by atoms with Gasteiger partial charge in [0.15, 0.2) is 6.61 Å². The molecule has 2 aromatic carbocycles. The molecule has 0 bridgehead atoms. The van der Waals surface area contributed by atoms with E-state index in [2.05, 4.69) is 4.74 Å². The van der Waals surface area contributed by atoms with E-state index in [1.54, 1.807) is 0 Å². The number of benzene rings is 2. The molecule has 0 unspecified atom stereocenters. The fourth-order valence-corrected chi connectivity index (χ4v) is 2.31.